The molecule has 0 radical (unpaired) electrons. The van der Waals surface area contributed by atoms with Crippen molar-refractivity contribution < 1.29 is 9.63 Å². The van der Waals surface area contributed by atoms with Crippen molar-refractivity contribution in [3.05, 3.63) is 36.2 Å². The lowest BCUT2D eigenvalue weighted by molar-refractivity contribution is 0.147. The van der Waals surface area contributed by atoms with Gasteiger partial charge in [-0.05, 0) is 25.2 Å². The summed E-state index contributed by atoms with van der Waals surface area (Å²) in [5.41, 5.74) is 0.963. The van der Waals surface area contributed by atoms with Crippen LogP contribution < -0.4 is 0 Å². The maximum absolute atomic E-state index is 10.2. The van der Waals surface area contributed by atoms with E-state index in [1.165, 1.54) is 32.1 Å². The second kappa shape index (κ2) is 7.03. The van der Waals surface area contributed by atoms with E-state index in [9.17, 15) is 5.11 Å². The topological polar surface area (TPSA) is 62.4 Å². The van der Waals surface area contributed by atoms with Crippen LogP contribution in [0.4, 0.5) is 0 Å². The molecule has 1 aliphatic carbocycles. The number of benzene rings is 1. The highest BCUT2D eigenvalue weighted by molar-refractivity contribution is 5.53. The van der Waals surface area contributed by atoms with Crippen LogP contribution in [0.1, 0.15) is 50.5 Å². The van der Waals surface area contributed by atoms with Crippen molar-refractivity contribution in [2.24, 2.45) is 5.92 Å². The fourth-order valence-electron chi connectivity index (χ4n) is 4.11. The Balaban J connectivity index is 1.50. The van der Waals surface area contributed by atoms with Gasteiger partial charge in [-0.2, -0.15) is 4.98 Å². The lowest BCUT2D eigenvalue weighted by Crippen LogP contribution is -2.31. The minimum absolute atomic E-state index is 0.0480. The Morgan fingerprint density at radius 1 is 1.12 bits per heavy atom. The van der Waals surface area contributed by atoms with E-state index in [-0.39, 0.29) is 12.1 Å². The summed E-state index contributed by atoms with van der Waals surface area (Å²) in [5, 5.41) is 14.3. The van der Waals surface area contributed by atoms with Gasteiger partial charge in [0, 0.05) is 18.7 Å². The third-order valence-electron chi connectivity index (χ3n) is 5.36. The van der Waals surface area contributed by atoms with Gasteiger partial charge in [-0.1, -0.05) is 54.8 Å². The molecule has 2 fully saturated rings. The van der Waals surface area contributed by atoms with Gasteiger partial charge in [-0.15, -0.1) is 0 Å². The average molecular weight is 327 g/mol. The van der Waals surface area contributed by atoms with Crippen molar-refractivity contribution in [3.63, 3.8) is 0 Å². The highest BCUT2D eigenvalue weighted by Gasteiger charge is 2.37. The minimum Gasteiger partial charge on any atom is -0.392 e. The smallest absolute Gasteiger partial charge is 0.244 e. The van der Waals surface area contributed by atoms with Crippen molar-refractivity contribution in [1.82, 2.24) is 15.0 Å². The van der Waals surface area contributed by atoms with Gasteiger partial charge in [-0.25, -0.2) is 0 Å². The molecule has 0 unspecified atom stereocenters. The molecule has 0 spiro atoms. The van der Waals surface area contributed by atoms with Crippen LogP contribution in [0.15, 0.2) is 34.9 Å². The molecule has 1 aromatic heterocycles. The van der Waals surface area contributed by atoms with Crippen LogP contribution in [-0.2, 0) is 0 Å². The van der Waals surface area contributed by atoms with Gasteiger partial charge in [0.25, 0.3) is 0 Å². The summed E-state index contributed by atoms with van der Waals surface area (Å²) < 4.78 is 5.56. The van der Waals surface area contributed by atoms with Crippen molar-refractivity contribution in [3.8, 4) is 11.4 Å². The number of hydrogen-bond acceptors (Lipinski definition) is 5. The maximum atomic E-state index is 10.2. The molecule has 24 heavy (non-hydrogen) atoms. The van der Waals surface area contributed by atoms with Gasteiger partial charge < -0.3 is 9.63 Å². The molecule has 4 rings (SSSR count). The van der Waals surface area contributed by atoms with Crippen LogP contribution in [-0.4, -0.2) is 39.3 Å². The molecule has 2 heterocycles. The molecular weight excluding hydrogens is 302 g/mol. The number of hydrogen-bond donors (Lipinski definition) is 1. The molecule has 128 valence electrons. The van der Waals surface area contributed by atoms with Crippen molar-refractivity contribution in [2.45, 2.75) is 50.7 Å². The quantitative estimate of drug-likeness (QED) is 0.932. The lowest BCUT2D eigenvalue weighted by atomic mass is 9.89. The van der Waals surface area contributed by atoms with Gasteiger partial charge in [0.1, 0.15) is 0 Å². The number of aromatic nitrogens is 2. The summed E-state index contributed by atoms with van der Waals surface area (Å²) in [6.45, 7) is 1.75. The molecule has 0 amide bonds. The van der Waals surface area contributed by atoms with Crippen molar-refractivity contribution in [1.29, 1.82) is 0 Å². The molecule has 2 aromatic rings. The molecule has 5 heteroatoms. The average Bonchev–Trinajstić information content (AvgIpc) is 3.23. The van der Waals surface area contributed by atoms with Crippen LogP contribution in [0.25, 0.3) is 11.4 Å². The first kappa shape index (κ1) is 15.8. The summed E-state index contributed by atoms with van der Waals surface area (Å²) in [4.78, 5) is 6.96. The van der Waals surface area contributed by atoms with Gasteiger partial charge in [0.15, 0.2) is 0 Å². The zero-order chi connectivity index (χ0) is 16.4. The van der Waals surface area contributed by atoms with Crippen molar-refractivity contribution in [2.75, 3.05) is 13.1 Å². The number of aliphatic hydroxyl groups excluding tert-OH is 1. The van der Waals surface area contributed by atoms with Gasteiger partial charge in [0.05, 0.1) is 12.1 Å². The van der Waals surface area contributed by atoms with E-state index < -0.39 is 0 Å². The molecule has 5 nitrogen and oxygen atoms in total. The predicted molar refractivity (Wildman–Crippen MR) is 91.2 cm³/mol. The molecule has 1 aromatic carbocycles. The van der Waals surface area contributed by atoms with E-state index in [2.05, 4.69) is 15.0 Å². The van der Waals surface area contributed by atoms with E-state index in [0.717, 1.165) is 18.0 Å². The van der Waals surface area contributed by atoms with E-state index in [1.54, 1.807) is 0 Å². The molecule has 1 aliphatic heterocycles. The molecule has 2 aliphatic rings. The van der Waals surface area contributed by atoms with Crippen LogP contribution in [0.3, 0.4) is 0 Å². The third kappa shape index (κ3) is 3.37. The van der Waals surface area contributed by atoms with E-state index in [1.807, 2.05) is 30.3 Å². The first-order valence-electron chi connectivity index (χ1n) is 9.11. The Bertz CT molecular complexity index is 652. The molecule has 2 atom stereocenters. The van der Waals surface area contributed by atoms with E-state index in [0.29, 0.717) is 24.7 Å². The summed E-state index contributed by atoms with van der Waals surface area (Å²) in [7, 11) is 0. The first-order valence-corrected chi connectivity index (χ1v) is 9.11. The zero-order valence-corrected chi connectivity index (χ0v) is 14.0. The lowest BCUT2D eigenvalue weighted by Gasteiger charge is -2.29. The van der Waals surface area contributed by atoms with Gasteiger partial charge >= 0.3 is 0 Å². The highest BCUT2D eigenvalue weighted by atomic mass is 16.5. The summed E-state index contributed by atoms with van der Waals surface area (Å²) >= 11 is 0. The first-order chi connectivity index (χ1) is 11.8. The van der Waals surface area contributed by atoms with E-state index in [4.69, 9.17) is 4.52 Å². The number of rotatable bonds is 4. The van der Waals surface area contributed by atoms with E-state index >= 15 is 0 Å². The SMILES string of the molecule is O[C@@H]1C[C@@H](c2nc(-c3ccccc3)no2)N(CC2CCCCC2)C1. The second-order valence-electron chi connectivity index (χ2n) is 7.19. The Morgan fingerprint density at radius 2 is 1.92 bits per heavy atom. The van der Waals surface area contributed by atoms with Crippen LogP contribution in [0, 0.1) is 5.92 Å². The van der Waals surface area contributed by atoms with Gasteiger partial charge in [-0.3, -0.25) is 4.90 Å². The summed E-state index contributed by atoms with van der Waals surface area (Å²) in [6.07, 6.45) is 7.03. The monoisotopic (exact) mass is 327 g/mol. The van der Waals surface area contributed by atoms with Crippen molar-refractivity contribution >= 4 is 0 Å². The Morgan fingerprint density at radius 3 is 2.71 bits per heavy atom. The highest BCUT2D eigenvalue weighted by Crippen LogP contribution is 2.35. The number of aliphatic hydroxyl groups is 1. The fourth-order valence-corrected chi connectivity index (χ4v) is 4.11. The van der Waals surface area contributed by atoms with Gasteiger partial charge in [0.2, 0.25) is 11.7 Å². The normalized spacial score (nSPS) is 26.0. The minimum atomic E-state index is -0.300. The fraction of sp³-hybridized carbons (Fsp3) is 0.579. The maximum Gasteiger partial charge on any atom is 0.244 e. The van der Waals surface area contributed by atoms with Crippen LogP contribution in [0.5, 0.6) is 0 Å². The Labute approximate surface area is 142 Å². The third-order valence-corrected chi connectivity index (χ3v) is 5.36. The largest absolute Gasteiger partial charge is 0.392 e. The molecule has 1 N–H and O–H groups in total. The molecular formula is C19H25N3O2. The number of likely N-dealkylation sites (tertiary alicyclic amines) is 1. The summed E-state index contributed by atoms with van der Waals surface area (Å²) in [5.74, 6) is 2.01. The Hall–Kier alpha value is -1.72. The second-order valence-corrected chi connectivity index (χ2v) is 7.19. The molecule has 1 saturated carbocycles. The summed E-state index contributed by atoms with van der Waals surface area (Å²) in [6, 6.07) is 9.94. The van der Waals surface area contributed by atoms with Crippen LogP contribution in [0.2, 0.25) is 0 Å². The Kier molecular flexibility index (Phi) is 4.63. The number of β-amino-alcohol motifs (C(OH)–C–C–N with tert-alkyl or cyclic N) is 1. The zero-order valence-electron chi connectivity index (χ0n) is 14.0. The predicted octanol–water partition coefficient (Wildman–Crippen LogP) is 3.42. The number of nitrogens with zero attached hydrogens (tertiary/aromatic N) is 3. The standard InChI is InChI=1S/C19H25N3O2/c23-16-11-17(22(13-16)12-14-7-3-1-4-8-14)19-20-18(21-24-19)15-9-5-2-6-10-15/h2,5-6,9-10,14,16-17,23H,1,3-4,7-8,11-13H2/t16-,17+/m1/s1. The molecule has 1 saturated heterocycles. The van der Waals surface area contributed by atoms with Crippen LogP contribution >= 0.6 is 0 Å². The molecule has 0 bridgehead atoms.